The predicted molar refractivity (Wildman–Crippen MR) is 76.5 cm³/mol. The summed E-state index contributed by atoms with van der Waals surface area (Å²) in [5.74, 6) is -1.03. The van der Waals surface area contributed by atoms with Crippen LogP contribution in [-0.4, -0.2) is 35.2 Å². The number of urea groups is 1. The SMILES string of the molecule is CC(C)(CO)NC(=O)Nc1ccccc1SCC(F)(F)F. The minimum Gasteiger partial charge on any atom is -0.394 e. The highest BCUT2D eigenvalue weighted by Gasteiger charge is 2.28. The largest absolute Gasteiger partial charge is 0.398 e. The lowest BCUT2D eigenvalue weighted by atomic mass is 10.1. The van der Waals surface area contributed by atoms with E-state index in [2.05, 4.69) is 10.6 Å². The topological polar surface area (TPSA) is 61.4 Å². The van der Waals surface area contributed by atoms with E-state index < -0.39 is 23.5 Å². The van der Waals surface area contributed by atoms with Gasteiger partial charge in [0.25, 0.3) is 0 Å². The van der Waals surface area contributed by atoms with E-state index in [4.69, 9.17) is 5.11 Å². The van der Waals surface area contributed by atoms with Crippen molar-refractivity contribution < 1.29 is 23.1 Å². The molecule has 0 radical (unpaired) electrons. The molecule has 1 rings (SSSR count). The Morgan fingerprint density at radius 1 is 1.29 bits per heavy atom. The molecule has 0 saturated carbocycles. The van der Waals surface area contributed by atoms with Gasteiger partial charge >= 0.3 is 12.2 Å². The van der Waals surface area contributed by atoms with E-state index in [1.807, 2.05) is 0 Å². The standard InChI is InChI=1S/C13H17F3N2O2S/c1-12(2,7-19)18-11(20)17-9-5-3-4-6-10(9)21-8-13(14,15)16/h3-6,19H,7-8H2,1-2H3,(H2,17,18,20). The van der Waals surface area contributed by atoms with E-state index in [1.165, 1.54) is 12.1 Å². The van der Waals surface area contributed by atoms with E-state index in [0.717, 1.165) is 0 Å². The molecule has 4 nitrogen and oxygen atoms in total. The van der Waals surface area contributed by atoms with Gasteiger partial charge in [-0.05, 0) is 26.0 Å². The van der Waals surface area contributed by atoms with Gasteiger partial charge in [-0.3, -0.25) is 0 Å². The minimum atomic E-state index is -4.28. The number of hydrogen-bond donors (Lipinski definition) is 3. The van der Waals surface area contributed by atoms with Gasteiger partial charge in [0.05, 0.1) is 23.6 Å². The zero-order chi connectivity index (χ0) is 16.1. The van der Waals surface area contributed by atoms with Gasteiger partial charge in [-0.25, -0.2) is 4.79 Å². The Kier molecular flexibility index (Phi) is 5.91. The molecule has 0 bridgehead atoms. The average molecular weight is 322 g/mol. The van der Waals surface area contributed by atoms with Crippen molar-refractivity contribution in [1.29, 1.82) is 0 Å². The summed E-state index contributed by atoms with van der Waals surface area (Å²) in [6, 6.07) is 5.64. The van der Waals surface area contributed by atoms with Crippen molar-refractivity contribution in [3.05, 3.63) is 24.3 Å². The van der Waals surface area contributed by atoms with Crippen LogP contribution in [-0.2, 0) is 0 Å². The van der Waals surface area contributed by atoms with Gasteiger partial charge in [-0.15, -0.1) is 11.8 Å². The summed E-state index contributed by atoms with van der Waals surface area (Å²) in [6.45, 7) is 2.98. The maximum atomic E-state index is 12.3. The van der Waals surface area contributed by atoms with Crippen LogP contribution in [0.2, 0.25) is 0 Å². The van der Waals surface area contributed by atoms with Crippen LogP contribution < -0.4 is 10.6 Å². The maximum Gasteiger partial charge on any atom is 0.398 e. The minimum absolute atomic E-state index is 0.259. The average Bonchev–Trinajstić information content (AvgIpc) is 2.36. The Bertz CT molecular complexity index is 493. The summed E-state index contributed by atoms with van der Waals surface area (Å²) in [7, 11) is 0. The van der Waals surface area contributed by atoms with Gasteiger partial charge in [-0.2, -0.15) is 13.2 Å². The van der Waals surface area contributed by atoms with Gasteiger partial charge in [-0.1, -0.05) is 12.1 Å². The first-order chi connectivity index (χ1) is 9.63. The third kappa shape index (κ3) is 6.72. The number of aliphatic hydroxyl groups is 1. The molecular formula is C13H17F3N2O2S. The van der Waals surface area contributed by atoms with Crippen molar-refractivity contribution in [2.24, 2.45) is 0 Å². The first-order valence-corrected chi connectivity index (χ1v) is 7.10. The first-order valence-electron chi connectivity index (χ1n) is 6.11. The zero-order valence-corrected chi connectivity index (χ0v) is 12.4. The highest BCUT2D eigenvalue weighted by molar-refractivity contribution is 7.99. The smallest absolute Gasteiger partial charge is 0.394 e. The molecule has 0 unspecified atom stereocenters. The number of carbonyl (C=O) groups excluding carboxylic acids is 1. The fourth-order valence-electron chi connectivity index (χ4n) is 1.36. The third-order valence-electron chi connectivity index (χ3n) is 2.37. The molecule has 0 aromatic heterocycles. The third-order valence-corrected chi connectivity index (χ3v) is 3.51. The molecule has 8 heteroatoms. The van der Waals surface area contributed by atoms with Crippen molar-refractivity contribution in [3.63, 3.8) is 0 Å². The number of amides is 2. The summed E-state index contributed by atoms with van der Waals surface area (Å²) >= 11 is 0.603. The van der Waals surface area contributed by atoms with E-state index in [1.54, 1.807) is 26.0 Å². The molecule has 0 aliphatic rings. The van der Waals surface area contributed by atoms with Crippen LogP contribution >= 0.6 is 11.8 Å². The molecule has 1 aromatic rings. The summed E-state index contributed by atoms with van der Waals surface area (Å²) in [4.78, 5) is 12.1. The second-order valence-corrected chi connectivity index (χ2v) is 6.04. The number of benzene rings is 1. The van der Waals surface area contributed by atoms with Crippen LogP contribution in [0.3, 0.4) is 0 Å². The molecule has 0 aliphatic carbocycles. The van der Waals surface area contributed by atoms with Gasteiger partial charge in [0.15, 0.2) is 0 Å². The number of para-hydroxylation sites is 1. The number of nitrogens with one attached hydrogen (secondary N) is 2. The fraction of sp³-hybridized carbons (Fsp3) is 0.462. The molecule has 0 aliphatic heterocycles. The number of anilines is 1. The Hall–Kier alpha value is -1.41. The summed E-state index contributed by atoms with van der Waals surface area (Å²) in [5, 5.41) is 14.1. The number of aliphatic hydroxyl groups excluding tert-OH is 1. The van der Waals surface area contributed by atoms with Crippen molar-refractivity contribution in [2.45, 2.75) is 30.5 Å². The molecule has 0 spiro atoms. The van der Waals surface area contributed by atoms with Gasteiger partial charge in [0, 0.05) is 4.90 Å². The Morgan fingerprint density at radius 3 is 2.48 bits per heavy atom. The normalized spacial score (nSPS) is 12.1. The second kappa shape index (κ2) is 7.04. The second-order valence-electron chi connectivity index (χ2n) is 5.02. The van der Waals surface area contributed by atoms with Crippen molar-refractivity contribution >= 4 is 23.5 Å². The number of thioether (sulfide) groups is 1. The molecular weight excluding hydrogens is 305 g/mol. The van der Waals surface area contributed by atoms with E-state index in [-0.39, 0.29) is 12.3 Å². The summed E-state index contributed by atoms with van der Waals surface area (Å²) in [6.07, 6.45) is -4.28. The number of halogens is 3. The van der Waals surface area contributed by atoms with Gasteiger partial charge in [0.2, 0.25) is 0 Å². The van der Waals surface area contributed by atoms with Crippen molar-refractivity contribution in [3.8, 4) is 0 Å². The molecule has 0 fully saturated rings. The number of alkyl halides is 3. The molecule has 118 valence electrons. The highest BCUT2D eigenvalue weighted by Crippen LogP contribution is 2.32. The number of hydrogen-bond acceptors (Lipinski definition) is 3. The number of rotatable bonds is 5. The monoisotopic (exact) mass is 322 g/mol. The highest BCUT2D eigenvalue weighted by atomic mass is 32.2. The van der Waals surface area contributed by atoms with Crippen LogP contribution in [0.15, 0.2) is 29.2 Å². The van der Waals surface area contributed by atoms with E-state index in [0.29, 0.717) is 16.7 Å². The lowest BCUT2D eigenvalue weighted by molar-refractivity contribution is -0.105. The van der Waals surface area contributed by atoms with Crippen LogP contribution in [0.5, 0.6) is 0 Å². The number of carbonyl (C=O) groups is 1. The van der Waals surface area contributed by atoms with Crippen LogP contribution in [0.4, 0.5) is 23.7 Å². The summed E-state index contributed by atoms with van der Waals surface area (Å²) in [5.41, 5.74) is -0.531. The van der Waals surface area contributed by atoms with Crippen LogP contribution in [0, 0.1) is 0 Å². The van der Waals surface area contributed by atoms with Gasteiger partial charge in [0.1, 0.15) is 0 Å². The quantitative estimate of drug-likeness (QED) is 0.729. The molecule has 0 heterocycles. The van der Waals surface area contributed by atoms with Gasteiger partial charge < -0.3 is 15.7 Å². The molecule has 21 heavy (non-hydrogen) atoms. The van der Waals surface area contributed by atoms with Crippen molar-refractivity contribution in [2.75, 3.05) is 17.7 Å². The van der Waals surface area contributed by atoms with E-state index >= 15 is 0 Å². The molecule has 3 N–H and O–H groups in total. The maximum absolute atomic E-state index is 12.3. The zero-order valence-electron chi connectivity index (χ0n) is 11.6. The first kappa shape index (κ1) is 17.6. The Labute approximate surface area is 125 Å². The van der Waals surface area contributed by atoms with Crippen molar-refractivity contribution in [1.82, 2.24) is 5.32 Å². The Balaban J connectivity index is 2.73. The van der Waals surface area contributed by atoms with E-state index in [9.17, 15) is 18.0 Å². The van der Waals surface area contributed by atoms with Crippen LogP contribution in [0.1, 0.15) is 13.8 Å². The predicted octanol–water partition coefficient (Wildman–Crippen LogP) is 3.23. The fourth-order valence-corrected chi connectivity index (χ4v) is 2.12. The van der Waals surface area contributed by atoms with Crippen LogP contribution in [0.25, 0.3) is 0 Å². The Morgan fingerprint density at radius 2 is 1.90 bits per heavy atom. The molecule has 2 amide bonds. The lowest BCUT2D eigenvalue weighted by Crippen LogP contribution is -2.48. The molecule has 1 aromatic carbocycles. The summed E-state index contributed by atoms with van der Waals surface area (Å²) < 4.78 is 36.8. The molecule has 0 saturated heterocycles. The lowest BCUT2D eigenvalue weighted by Gasteiger charge is -2.24. The molecule has 0 atom stereocenters.